The second kappa shape index (κ2) is 5.48. The maximum atomic E-state index is 12.1. The van der Waals surface area contributed by atoms with E-state index in [9.17, 15) is 4.79 Å². The molecule has 1 amide bonds. The van der Waals surface area contributed by atoms with Gasteiger partial charge in [-0.05, 0) is 25.0 Å². The summed E-state index contributed by atoms with van der Waals surface area (Å²) in [4.78, 5) is 23.6. The van der Waals surface area contributed by atoms with Crippen LogP contribution >= 0.6 is 11.6 Å². The number of aromatic nitrogens is 3. The maximum Gasteiger partial charge on any atom is 0.273 e. The number of rotatable bonds is 2. The zero-order valence-corrected chi connectivity index (χ0v) is 12.8. The Hall–Kier alpha value is -2.73. The minimum Gasteiger partial charge on any atom is -0.358 e. The van der Waals surface area contributed by atoms with E-state index in [2.05, 4.69) is 25.5 Å². The van der Waals surface area contributed by atoms with E-state index in [0.29, 0.717) is 17.0 Å². The number of hydrogen-bond acceptors (Lipinski definition) is 4. The molecule has 2 aliphatic rings. The quantitative estimate of drug-likeness (QED) is 0.831. The van der Waals surface area contributed by atoms with E-state index in [4.69, 9.17) is 11.6 Å². The monoisotopic (exact) mass is 325 g/mol. The molecule has 114 valence electrons. The van der Waals surface area contributed by atoms with Crippen LogP contribution in [-0.4, -0.2) is 26.6 Å². The molecule has 0 spiro atoms. The number of halogens is 1. The number of H-pyrrole nitrogens is 1. The minimum atomic E-state index is -0.264. The molecule has 6 nitrogen and oxygen atoms in total. The summed E-state index contributed by atoms with van der Waals surface area (Å²) in [5, 5.41) is 4.80. The molecular formula is C16H12ClN5O. The lowest BCUT2D eigenvalue weighted by molar-refractivity contribution is -0.116. The van der Waals surface area contributed by atoms with Gasteiger partial charge in [-0.1, -0.05) is 17.7 Å². The van der Waals surface area contributed by atoms with Gasteiger partial charge in [-0.25, -0.2) is 5.43 Å². The van der Waals surface area contributed by atoms with Crippen LogP contribution in [0.1, 0.15) is 29.1 Å². The second-order valence-electron chi connectivity index (χ2n) is 5.26. The average Bonchev–Trinajstić information content (AvgIpc) is 3.14. The van der Waals surface area contributed by atoms with Gasteiger partial charge >= 0.3 is 0 Å². The van der Waals surface area contributed by atoms with E-state index in [0.717, 1.165) is 34.8 Å². The van der Waals surface area contributed by atoms with Crippen molar-refractivity contribution in [3.05, 3.63) is 59.0 Å². The Morgan fingerprint density at radius 3 is 3.00 bits per heavy atom. The van der Waals surface area contributed by atoms with Gasteiger partial charge in [0.05, 0.1) is 11.8 Å². The van der Waals surface area contributed by atoms with Crippen molar-refractivity contribution in [1.29, 1.82) is 0 Å². The number of fused-ring (bicyclic) bond motifs is 1. The molecule has 2 aromatic heterocycles. The van der Waals surface area contributed by atoms with E-state index in [1.165, 1.54) is 0 Å². The van der Waals surface area contributed by atoms with Gasteiger partial charge in [-0.3, -0.25) is 14.8 Å². The van der Waals surface area contributed by atoms with Crippen LogP contribution in [0, 0.1) is 0 Å². The van der Waals surface area contributed by atoms with Gasteiger partial charge < -0.3 is 4.98 Å². The van der Waals surface area contributed by atoms with Crippen LogP contribution in [0.25, 0.3) is 11.1 Å². The van der Waals surface area contributed by atoms with Gasteiger partial charge in [0, 0.05) is 34.4 Å². The number of allylic oxidation sites excluding steroid dienone is 1. The molecule has 2 aromatic rings. The molecule has 1 aliphatic carbocycles. The number of hydrazone groups is 1. The predicted molar refractivity (Wildman–Crippen MR) is 87.6 cm³/mol. The third-order valence-electron chi connectivity index (χ3n) is 3.77. The van der Waals surface area contributed by atoms with Crippen molar-refractivity contribution in [3.8, 4) is 0 Å². The second-order valence-corrected chi connectivity index (χ2v) is 5.66. The van der Waals surface area contributed by atoms with Gasteiger partial charge in [-0.15, -0.1) is 0 Å². The van der Waals surface area contributed by atoms with Crippen LogP contribution < -0.4 is 5.43 Å². The van der Waals surface area contributed by atoms with Crippen molar-refractivity contribution in [2.24, 2.45) is 5.10 Å². The smallest absolute Gasteiger partial charge is 0.273 e. The van der Waals surface area contributed by atoms with Crippen molar-refractivity contribution < 1.29 is 4.79 Å². The minimum absolute atomic E-state index is 0.264. The van der Waals surface area contributed by atoms with Gasteiger partial charge in [0.2, 0.25) is 0 Å². The first-order valence-electron chi connectivity index (χ1n) is 7.17. The van der Waals surface area contributed by atoms with Crippen molar-refractivity contribution in [3.63, 3.8) is 0 Å². The normalized spacial score (nSPS) is 18.5. The summed E-state index contributed by atoms with van der Waals surface area (Å²) in [5.74, 6) is -0.264. The lowest BCUT2D eigenvalue weighted by Crippen LogP contribution is -2.14. The number of nitrogens with one attached hydrogen (secondary N) is 2. The molecule has 1 aliphatic heterocycles. The molecule has 3 heterocycles. The summed E-state index contributed by atoms with van der Waals surface area (Å²) < 4.78 is 0. The van der Waals surface area contributed by atoms with Gasteiger partial charge in [0.25, 0.3) is 5.91 Å². The summed E-state index contributed by atoms with van der Waals surface area (Å²) in [6, 6.07) is 1.94. The fourth-order valence-electron chi connectivity index (χ4n) is 2.70. The number of nitrogens with zero attached hydrogens (tertiary/aromatic N) is 3. The van der Waals surface area contributed by atoms with Crippen molar-refractivity contribution in [2.45, 2.75) is 12.8 Å². The highest BCUT2D eigenvalue weighted by Crippen LogP contribution is 2.30. The van der Waals surface area contributed by atoms with Crippen molar-refractivity contribution in [2.75, 3.05) is 0 Å². The largest absolute Gasteiger partial charge is 0.358 e. The Morgan fingerprint density at radius 2 is 2.22 bits per heavy atom. The molecule has 2 N–H and O–H groups in total. The SMILES string of the molecule is O=C1NN=C(c2cnccn2)C1=Cc1cc2c([nH]1)CCC=C2Cl. The molecule has 4 rings (SSSR count). The molecule has 7 heteroatoms. The number of hydrogen-bond donors (Lipinski definition) is 2. The Balaban J connectivity index is 1.74. The molecule has 0 unspecified atom stereocenters. The molecule has 0 fully saturated rings. The molecule has 0 saturated carbocycles. The average molecular weight is 326 g/mol. The number of amides is 1. The van der Waals surface area contributed by atoms with Crippen LogP contribution in [0.3, 0.4) is 0 Å². The highest BCUT2D eigenvalue weighted by atomic mass is 35.5. The Labute approximate surface area is 137 Å². The Kier molecular flexibility index (Phi) is 3.31. The van der Waals surface area contributed by atoms with Crippen LogP contribution in [0.5, 0.6) is 0 Å². The number of carbonyl (C=O) groups is 1. The van der Waals surface area contributed by atoms with Gasteiger partial charge in [0.15, 0.2) is 0 Å². The first kappa shape index (κ1) is 13.9. The Morgan fingerprint density at radius 1 is 1.30 bits per heavy atom. The van der Waals surface area contributed by atoms with Crippen molar-refractivity contribution in [1.82, 2.24) is 20.4 Å². The molecule has 0 bridgehead atoms. The van der Waals surface area contributed by atoms with E-state index >= 15 is 0 Å². The fourth-order valence-corrected chi connectivity index (χ4v) is 2.98. The highest BCUT2D eigenvalue weighted by molar-refractivity contribution is 6.49. The zero-order valence-electron chi connectivity index (χ0n) is 12.0. The maximum absolute atomic E-state index is 12.1. The van der Waals surface area contributed by atoms with E-state index in [1.807, 2.05) is 12.1 Å². The molecule has 0 radical (unpaired) electrons. The summed E-state index contributed by atoms with van der Waals surface area (Å²) in [5.41, 5.74) is 6.83. The van der Waals surface area contributed by atoms with Gasteiger partial charge in [0.1, 0.15) is 11.4 Å². The summed E-state index contributed by atoms with van der Waals surface area (Å²) in [6.07, 6.45) is 10.3. The van der Waals surface area contributed by atoms with E-state index in [-0.39, 0.29) is 5.91 Å². The summed E-state index contributed by atoms with van der Waals surface area (Å²) in [6.45, 7) is 0. The van der Waals surface area contributed by atoms with Crippen LogP contribution in [0.4, 0.5) is 0 Å². The Bertz CT molecular complexity index is 879. The van der Waals surface area contributed by atoms with Crippen LogP contribution in [-0.2, 0) is 11.2 Å². The molecule has 0 aromatic carbocycles. The lowest BCUT2D eigenvalue weighted by Gasteiger charge is -2.06. The van der Waals surface area contributed by atoms with E-state index in [1.54, 1.807) is 24.7 Å². The molecule has 0 saturated heterocycles. The first-order valence-corrected chi connectivity index (χ1v) is 7.54. The molecule has 23 heavy (non-hydrogen) atoms. The van der Waals surface area contributed by atoms with Crippen LogP contribution in [0.15, 0.2) is 41.4 Å². The number of aryl methyl sites for hydroxylation is 1. The highest BCUT2D eigenvalue weighted by Gasteiger charge is 2.25. The lowest BCUT2D eigenvalue weighted by atomic mass is 10.0. The topological polar surface area (TPSA) is 83.0 Å². The number of aromatic amines is 1. The zero-order chi connectivity index (χ0) is 15.8. The standard InChI is InChI=1S/C16H12ClN5O/c17-12-2-1-3-13-10(12)6-9(20-13)7-11-15(21-22-16(11)23)14-8-18-4-5-19-14/h2,4-8,20H,1,3H2,(H,22,23). The molecule has 0 atom stereocenters. The fraction of sp³-hybridized carbons (Fsp3) is 0.125. The van der Waals surface area contributed by atoms with E-state index < -0.39 is 0 Å². The predicted octanol–water partition coefficient (Wildman–Crippen LogP) is 2.25. The van der Waals surface area contributed by atoms with Crippen molar-refractivity contribution >= 4 is 34.3 Å². The number of carbonyl (C=O) groups excluding carboxylic acids is 1. The third-order valence-corrected chi connectivity index (χ3v) is 4.13. The first-order chi connectivity index (χ1) is 11.2. The van der Waals surface area contributed by atoms with Gasteiger partial charge in [-0.2, -0.15) is 5.10 Å². The molecular weight excluding hydrogens is 314 g/mol. The van der Waals surface area contributed by atoms with Crippen LogP contribution in [0.2, 0.25) is 0 Å². The third kappa shape index (κ3) is 2.47. The summed E-state index contributed by atoms with van der Waals surface area (Å²) >= 11 is 6.23. The summed E-state index contributed by atoms with van der Waals surface area (Å²) in [7, 11) is 0.